The molecule has 0 heterocycles. The van der Waals surface area contributed by atoms with Crippen LogP contribution < -0.4 is 4.90 Å². The third kappa shape index (κ3) is 2.93. The van der Waals surface area contributed by atoms with Gasteiger partial charge in [-0.15, -0.1) is 0 Å². The predicted octanol–water partition coefficient (Wildman–Crippen LogP) is 3.27. The first-order chi connectivity index (χ1) is 9.11. The fourth-order valence-electron chi connectivity index (χ4n) is 1.68. The summed E-state index contributed by atoms with van der Waals surface area (Å²) in [5.41, 5.74) is 0.759. The number of carbonyl (C=O) groups is 1. The summed E-state index contributed by atoms with van der Waals surface area (Å²) in [6.45, 7) is 0.148. The van der Waals surface area contributed by atoms with Crippen molar-refractivity contribution in [2.45, 2.75) is 6.54 Å². The molecule has 19 heavy (non-hydrogen) atoms. The van der Waals surface area contributed by atoms with Crippen LogP contribution in [0.15, 0.2) is 42.5 Å². The molecule has 98 valence electrons. The highest BCUT2D eigenvalue weighted by molar-refractivity contribution is 5.75. The number of amides is 1. The third-order valence-electron chi connectivity index (χ3n) is 2.62. The Morgan fingerprint density at radius 1 is 1.00 bits per heavy atom. The summed E-state index contributed by atoms with van der Waals surface area (Å²) >= 11 is 0. The van der Waals surface area contributed by atoms with Crippen molar-refractivity contribution in [3.8, 4) is 0 Å². The van der Waals surface area contributed by atoms with Crippen molar-refractivity contribution >= 4 is 12.1 Å². The molecule has 0 radical (unpaired) electrons. The van der Waals surface area contributed by atoms with Crippen molar-refractivity contribution in [2.75, 3.05) is 4.90 Å². The zero-order valence-corrected chi connectivity index (χ0v) is 9.82. The van der Waals surface area contributed by atoms with Crippen molar-refractivity contribution in [2.24, 2.45) is 0 Å². The number of anilines is 1. The van der Waals surface area contributed by atoms with E-state index in [1.54, 1.807) is 24.3 Å². The molecule has 2 aromatic rings. The van der Waals surface area contributed by atoms with Crippen LogP contribution in [-0.2, 0) is 11.3 Å². The summed E-state index contributed by atoms with van der Waals surface area (Å²) < 4.78 is 39.1. The maximum Gasteiger partial charge on any atom is 0.214 e. The molecule has 5 heteroatoms. The summed E-state index contributed by atoms with van der Waals surface area (Å²) in [5.74, 6) is -4.20. The molecule has 0 aromatic heterocycles. The van der Waals surface area contributed by atoms with E-state index in [1.165, 1.54) is 0 Å². The second-order valence-electron chi connectivity index (χ2n) is 3.94. The molecule has 0 saturated carbocycles. The van der Waals surface area contributed by atoms with E-state index >= 15 is 0 Å². The average Bonchev–Trinajstić information content (AvgIpc) is 2.42. The molecule has 2 nitrogen and oxygen atoms in total. The zero-order chi connectivity index (χ0) is 13.8. The maximum atomic E-state index is 13.1. The minimum atomic E-state index is -1.55. The lowest BCUT2D eigenvalue weighted by Crippen LogP contribution is -2.20. The van der Waals surface area contributed by atoms with E-state index in [4.69, 9.17) is 0 Å². The van der Waals surface area contributed by atoms with E-state index in [-0.39, 0.29) is 12.2 Å². The van der Waals surface area contributed by atoms with E-state index in [1.807, 2.05) is 6.07 Å². The molecule has 0 N–H and O–H groups in total. The lowest BCUT2D eigenvalue weighted by Gasteiger charge is -2.18. The fourth-order valence-corrected chi connectivity index (χ4v) is 1.68. The van der Waals surface area contributed by atoms with Gasteiger partial charge in [0, 0.05) is 17.8 Å². The Balaban J connectivity index is 2.30. The maximum absolute atomic E-state index is 13.1. The largest absolute Gasteiger partial charge is 0.310 e. The molecule has 0 atom stereocenters. The standard InChI is InChI=1S/C14H10F3NO/c15-12-6-11(7-13(16)14(12)17)18(9-19)8-10-4-2-1-3-5-10/h1-7,9H,8H2. The van der Waals surface area contributed by atoms with Crippen molar-refractivity contribution in [1.82, 2.24) is 0 Å². The van der Waals surface area contributed by atoms with Crippen LogP contribution in [0.4, 0.5) is 18.9 Å². The number of hydrogen-bond acceptors (Lipinski definition) is 1. The molecule has 0 bridgehead atoms. The molecule has 0 spiro atoms. The monoisotopic (exact) mass is 265 g/mol. The highest BCUT2D eigenvalue weighted by atomic mass is 19.2. The van der Waals surface area contributed by atoms with E-state index in [9.17, 15) is 18.0 Å². The first kappa shape index (κ1) is 13.1. The van der Waals surface area contributed by atoms with Crippen molar-refractivity contribution < 1.29 is 18.0 Å². The van der Waals surface area contributed by atoms with E-state index < -0.39 is 17.5 Å². The van der Waals surface area contributed by atoms with Crippen LogP contribution in [0.2, 0.25) is 0 Å². The molecule has 2 rings (SSSR count). The Labute approximate surface area is 108 Å². The Hall–Kier alpha value is -2.30. The number of rotatable bonds is 4. The highest BCUT2D eigenvalue weighted by Crippen LogP contribution is 2.21. The number of nitrogens with zero attached hydrogens (tertiary/aromatic N) is 1. The molecule has 1 amide bonds. The van der Waals surface area contributed by atoms with Crippen molar-refractivity contribution in [1.29, 1.82) is 0 Å². The van der Waals surface area contributed by atoms with Gasteiger partial charge in [-0.1, -0.05) is 30.3 Å². The van der Waals surface area contributed by atoms with Crippen LogP contribution in [0.5, 0.6) is 0 Å². The van der Waals surface area contributed by atoms with E-state index in [0.717, 1.165) is 22.6 Å². The first-order valence-corrected chi connectivity index (χ1v) is 5.52. The quantitative estimate of drug-likeness (QED) is 0.613. The summed E-state index contributed by atoms with van der Waals surface area (Å²) in [5, 5.41) is 0. The normalized spacial score (nSPS) is 10.3. The molecule has 2 aromatic carbocycles. The number of benzene rings is 2. The van der Waals surface area contributed by atoms with Gasteiger partial charge in [-0.25, -0.2) is 13.2 Å². The minimum Gasteiger partial charge on any atom is -0.310 e. The number of halogens is 3. The Morgan fingerprint density at radius 2 is 1.58 bits per heavy atom. The third-order valence-corrected chi connectivity index (χ3v) is 2.62. The number of hydrogen-bond donors (Lipinski definition) is 0. The van der Waals surface area contributed by atoms with Crippen LogP contribution >= 0.6 is 0 Å². The number of carbonyl (C=O) groups excluding carboxylic acids is 1. The van der Waals surface area contributed by atoms with Crippen LogP contribution in [0, 0.1) is 17.5 Å². The van der Waals surface area contributed by atoms with Crippen molar-refractivity contribution in [3.63, 3.8) is 0 Å². The van der Waals surface area contributed by atoms with Gasteiger partial charge in [0.2, 0.25) is 6.41 Å². The second kappa shape index (κ2) is 5.56. The van der Waals surface area contributed by atoms with Crippen LogP contribution in [0.1, 0.15) is 5.56 Å². The first-order valence-electron chi connectivity index (χ1n) is 5.52. The van der Waals surface area contributed by atoms with Gasteiger partial charge in [0.15, 0.2) is 17.5 Å². The Kier molecular flexibility index (Phi) is 3.85. The smallest absolute Gasteiger partial charge is 0.214 e. The summed E-state index contributed by atoms with van der Waals surface area (Å²) in [7, 11) is 0. The Morgan fingerprint density at radius 3 is 2.11 bits per heavy atom. The van der Waals surface area contributed by atoms with Gasteiger partial charge in [0.05, 0.1) is 6.54 Å². The van der Waals surface area contributed by atoms with Gasteiger partial charge < -0.3 is 4.90 Å². The van der Waals surface area contributed by atoms with Gasteiger partial charge in [-0.2, -0.15) is 0 Å². The van der Waals surface area contributed by atoms with Crippen LogP contribution in [0.3, 0.4) is 0 Å². The van der Waals surface area contributed by atoms with E-state index in [2.05, 4.69) is 0 Å². The molecule has 0 aliphatic rings. The summed E-state index contributed by atoms with van der Waals surface area (Å²) in [6.07, 6.45) is 0.444. The van der Waals surface area contributed by atoms with Crippen LogP contribution in [0.25, 0.3) is 0 Å². The average molecular weight is 265 g/mol. The SMILES string of the molecule is O=CN(Cc1ccccc1)c1cc(F)c(F)c(F)c1. The second-order valence-corrected chi connectivity index (χ2v) is 3.94. The lowest BCUT2D eigenvalue weighted by atomic mass is 10.2. The molecule has 0 fully saturated rings. The molecule has 0 saturated heterocycles. The van der Waals surface area contributed by atoms with E-state index in [0.29, 0.717) is 6.41 Å². The van der Waals surface area contributed by atoms with Crippen LogP contribution in [-0.4, -0.2) is 6.41 Å². The highest BCUT2D eigenvalue weighted by Gasteiger charge is 2.14. The topological polar surface area (TPSA) is 20.3 Å². The van der Waals surface area contributed by atoms with Gasteiger partial charge in [0.25, 0.3) is 0 Å². The minimum absolute atomic E-state index is 0.0322. The molecule has 0 aliphatic carbocycles. The van der Waals surface area contributed by atoms with Gasteiger partial charge >= 0.3 is 0 Å². The molecule has 0 unspecified atom stereocenters. The molecular weight excluding hydrogens is 255 g/mol. The fraction of sp³-hybridized carbons (Fsp3) is 0.0714. The van der Waals surface area contributed by atoms with Gasteiger partial charge in [-0.3, -0.25) is 4.79 Å². The molecule has 0 aliphatic heterocycles. The molecular formula is C14H10F3NO. The predicted molar refractivity (Wildman–Crippen MR) is 65.0 cm³/mol. The Bertz CT molecular complexity index is 563. The van der Waals surface area contributed by atoms with Gasteiger partial charge in [-0.05, 0) is 5.56 Å². The summed E-state index contributed by atoms with van der Waals surface area (Å²) in [6, 6.07) is 10.5. The van der Waals surface area contributed by atoms with Crippen molar-refractivity contribution in [3.05, 3.63) is 65.5 Å². The zero-order valence-electron chi connectivity index (χ0n) is 9.82. The lowest BCUT2D eigenvalue weighted by molar-refractivity contribution is -0.107. The summed E-state index contributed by atoms with van der Waals surface area (Å²) in [4.78, 5) is 12.1. The van der Waals surface area contributed by atoms with Gasteiger partial charge in [0.1, 0.15) is 0 Å².